The summed E-state index contributed by atoms with van der Waals surface area (Å²) in [7, 11) is 3.95. The number of hydrogen-bond acceptors (Lipinski definition) is 4. The molecule has 28 heavy (non-hydrogen) atoms. The zero-order chi connectivity index (χ0) is 19.8. The maximum absolute atomic E-state index is 12.8. The molecule has 1 aliphatic rings. The first-order valence-electron chi connectivity index (χ1n) is 10.3. The van der Waals surface area contributed by atoms with Crippen LogP contribution in [0.5, 0.6) is 0 Å². The van der Waals surface area contributed by atoms with Crippen molar-refractivity contribution in [2.24, 2.45) is 5.92 Å². The number of rotatable bonds is 8. The lowest BCUT2D eigenvalue weighted by Gasteiger charge is -2.32. The number of carbonyl (C=O) groups is 1. The first kappa shape index (κ1) is 20.3. The lowest BCUT2D eigenvalue weighted by Crippen LogP contribution is -2.38. The zero-order valence-corrected chi connectivity index (χ0v) is 17.1. The Labute approximate surface area is 168 Å². The summed E-state index contributed by atoms with van der Waals surface area (Å²) in [5.41, 5.74) is 2.10. The van der Waals surface area contributed by atoms with E-state index in [-0.39, 0.29) is 5.91 Å². The van der Waals surface area contributed by atoms with Crippen LogP contribution in [-0.4, -0.2) is 56.1 Å². The highest BCUT2D eigenvalue weighted by atomic mass is 16.2. The number of piperidine rings is 1. The normalized spacial score (nSPS) is 14.9. The van der Waals surface area contributed by atoms with Crippen LogP contribution in [0.4, 0.5) is 5.82 Å². The molecule has 1 aromatic heterocycles. The monoisotopic (exact) mass is 380 g/mol. The number of pyridine rings is 1. The van der Waals surface area contributed by atoms with E-state index in [0.29, 0.717) is 11.5 Å². The van der Waals surface area contributed by atoms with Crippen LogP contribution in [0.1, 0.15) is 35.2 Å². The van der Waals surface area contributed by atoms with Gasteiger partial charge in [-0.15, -0.1) is 0 Å². The number of anilines is 1. The summed E-state index contributed by atoms with van der Waals surface area (Å²) in [5.74, 6) is 1.72. The van der Waals surface area contributed by atoms with Gasteiger partial charge in [0.05, 0.1) is 5.56 Å². The molecule has 0 unspecified atom stereocenters. The fraction of sp³-hybridized carbons (Fsp3) is 0.478. The Bertz CT molecular complexity index is 724. The second kappa shape index (κ2) is 10.2. The van der Waals surface area contributed by atoms with Gasteiger partial charge < -0.3 is 15.1 Å². The third kappa shape index (κ3) is 5.55. The van der Waals surface area contributed by atoms with E-state index in [0.717, 1.165) is 51.3 Å². The fourth-order valence-corrected chi connectivity index (χ4v) is 3.76. The Morgan fingerprint density at radius 2 is 1.93 bits per heavy atom. The predicted octanol–water partition coefficient (Wildman–Crippen LogP) is 3.22. The van der Waals surface area contributed by atoms with Crippen LogP contribution in [0.15, 0.2) is 48.7 Å². The van der Waals surface area contributed by atoms with Gasteiger partial charge in [-0.1, -0.05) is 30.3 Å². The number of benzene rings is 1. The molecule has 0 bridgehead atoms. The van der Waals surface area contributed by atoms with E-state index in [9.17, 15) is 4.79 Å². The lowest BCUT2D eigenvalue weighted by molar-refractivity contribution is 0.0686. The van der Waals surface area contributed by atoms with Crippen molar-refractivity contribution in [2.75, 3.05) is 45.2 Å². The number of likely N-dealkylation sites (N-methyl/N-ethyl adjacent to an activating group) is 2. The third-order valence-electron chi connectivity index (χ3n) is 5.67. The SMILES string of the molecule is CNCCN(C)c1ccc(C(=O)N2CCC(CCc3ccccc3)CC2)cn1. The van der Waals surface area contributed by atoms with Crippen LogP contribution in [0.25, 0.3) is 0 Å². The molecule has 3 rings (SSSR count). The van der Waals surface area contributed by atoms with Crippen molar-refractivity contribution >= 4 is 11.7 Å². The van der Waals surface area contributed by atoms with Gasteiger partial charge >= 0.3 is 0 Å². The van der Waals surface area contributed by atoms with Crippen molar-refractivity contribution in [3.05, 3.63) is 59.8 Å². The van der Waals surface area contributed by atoms with E-state index >= 15 is 0 Å². The molecule has 0 saturated carbocycles. The number of likely N-dealkylation sites (tertiary alicyclic amines) is 1. The average Bonchev–Trinajstić information content (AvgIpc) is 2.76. The van der Waals surface area contributed by atoms with E-state index in [4.69, 9.17) is 0 Å². The lowest BCUT2D eigenvalue weighted by atomic mass is 9.90. The Kier molecular flexibility index (Phi) is 7.43. The average molecular weight is 381 g/mol. The predicted molar refractivity (Wildman–Crippen MR) is 115 cm³/mol. The molecule has 1 saturated heterocycles. The van der Waals surface area contributed by atoms with Gasteiger partial charge in [0.1, 0.15) is 5.82 Å². The van der Waals surface area contributed by atoms with Gasteiger partial charge in [0.25, 0.3) is 5.91 Å². The van der Waals surface area contributed by atoms with Gasteiger partial charge in [-0.05, 0) is 56.3 Å². The van der Waals surface area contributed by atoms with Gasteiger partial charge in [-0.25, -0.2) is 4.98 Å². The van der Waals surface area contributed by atoms with Crippen molar-refractivity contribution in [3.8, 4) is 0 Å². The van der Waals surface area contributed by atoms with Gasteiger partial charge in [-0.2, -0.15) is 0 Å². The first-order chi connectivity index (χ1) is 13.7. The van der Waals surface area contributed by atoms with Crippen molar-refractivity contribution in [2.45, 2.75) is 25.7 Å². The fourth-order valence-electron chi connectivity index (χ4n) is 3.76. The maximum Gasteiger partial charge on any atom is 0.255 e. The Balaban J connectivity index is 1.46. The van der Waals surface area contributed by atoms with Crippen molar-refractivity contribution in [1.82, 2.24) is 15.2 Å². The molecule has 2 heterocycles. The van der Waals surface area contributed by atoms with Crippen LogP contribution in [0.2, 0.25) is 0 Å². The standard InChI is InChI=1S/C23H32N4O/c1-24-14-17-26(2)22-11-10-21(18-25-22)23(28)27-15-12-20(13-16-27)9-8-19-6-4-3-5-7-19/h3-7,10-11,18,20,24H,8-9,12-17H2,1-2H3. The quantitative estimate of drug-likeness (QED) is 0.764. The molecule has 1 N–H and O–H groups in total. The second-order valence-corrected chi connectivity index (χ2v) is 7.69. The summed E-state index contributed by atoms with van der Waals surface area (Å²) in [6.07, 6.45) is 6.25. The summed E-state index contributed by atoms with van der Waals surface area (Å²) in [6, 6.07) is 14.5. The Hall–Kier alpha value is -2.40. The van der Waals surface area contributed by atoms with Crippen molar-refractivity contribution < 1.29 is 4.79 Å². The molecule has 150 valence electrons. The molecular formula is C23H32N4O. The van der Waals surface area contributed by atoms with Crippen LogP contribution in [-0.2, 0) is 6.42 Å². The number of aromatic nitrogens is 1. The third-order valence-corrected chi connectivity index (χ3v) is 5.67. The highest BCUT2D eigenvalue weighted by molar-refractivity contribution is 5.94. The molecule has 2 aromatic rings. The van der Waals surface area contributed by atoms with Gasteiger partial charge in [-0.3, -0.25) is 4.79 Å². The summed E-state index contributed by atoms with van der Waals surface area (Å²) < 4.78 is 0. The topological polar surface area (TPSA) is 48.5 Å². The largest absolute Gasteiger partial charge is 0.358 e. The van der Waals surface area contributed by atoms with Crippen LogP contribution in [0, 0.1) is 5.92 Å². The molecular weight excluding hydrogens is 348 g/mol. The molecule has 1 aliphatic heterocycles. The van der Waals surface area contributed by atoms with E-state index in [1.54, 1.807) is 6.20 Å². The van der Waals surface area contributed by atoms with E-state index in [1.807, 2.05) is 31.1 Å². The molecule has 5 nitrogen and oxygen atoms in total. The minimum atomic E-state index is 0.110. The van der Waals surface area contributed by atoms with E-state index < -0.39 is 0 Å². The number of carbonyl (C=O) groups excluding carboxylic acids is 1. The summed E-state index contributed by atoms with van der Waals surface area (Å²) in [5, 5.41) is 3.13. The Morgan fingerprint density at radius 3 is 2.57 bits per heavy atom. The molecule has 0 spiro atoms. The van der Waals surface area contributed by atoms with Gasteiger partial charge in [0.2, 0.25) is 0 Å². The number of hydrogen-bond donors (Lipinski definition) is 1. The number of nitrogens with zero attached hydrogens (tertiary/aromatic N) is 3. The highest BCUT2D eigenvalue weighted by Crippen LogP contribution is 2.23. The van der Waals surface area contributed by atoms with Gasteiger partial charge in [0, 0.05) is 39.4 Å². The van der Waals surface area contributed by atoms with E-state index in [2.05, 4.69) is 45.5 Å². The van der Waals surface area contributed by atoms with E-state index in [1.165, 1.54) is 12.0 Å². The number of amides is 1. The minimum Gasteiger partial charge on any atom is -0.358 e. The summed E-state index contributed by atoms with van der Waals surface area (Å²) >= 11 is 0. The minimum absolute atomic E-state index is 0.110. The number of aryl methyl sites for hydroxylation is 1. The summed E-state index contributed by atoms with van der Waals surface area (Å²) in [4.78, 5) is 21.4. The molecule has 0 atom stereocenters. The molecule has 1 fully saturated rings. The number of nitrogens with one attached hydrogen (secondary N) is 1. The summed E-state index contributed by atoms with van der Waals surface area (Å²) in [6.45, 7) is 3.48. The van der Waals surface area contributed by atoms with Crippen LogP contribution in [0.3, 0.4) is 0 Å². The van der Waals surface area contributed by atoms with Crippen LogP contribution < -0.4 is 10.2 Å². The van der Waals surface area contributed by atoms with Crippen molar-refractivity contribution in [1.29, 1.82) is 0 Å². The van der Waals surface area contributed by atoms with Crippen molar-refractivity contribution in [3.63, 3.8) is 0 Å². The Morgan fingerprint density at radius 1 is 1.18 bits per heavy atom. The molecule has 1 aromatic carbocycles. The smallest absolute Gasteiger partial charge is 0.255 e. The zero-order valence-electron chi connectivity index (χ0n) is 17.1. The van der Waals surface area contributed by atoms with Crippen LogP contribution >= 0.6 is 0 Å². The first-order valence-corrected chi connectivity index (χ1v) is 10.3. The maximum atomic E-state index is 12.8. The molecule has 1 amide bonds. The second-order valence-electron chi connectivity index (χ2n) is 7.69. The molecule has 5 heteroatoms. The van der Waals surface area contributed by atoms with Gasteiger partial charge in [0.15, 0.2) is 0 Å². The highest BCUT2D eigenvalue weighted by Gasteiger charge is 2.23. The molecule has 0 radical (unpaired) electrons. The molecule has 0 aliphatic carbocycles.